The maximum atomic E-state index is 13.7. The number of hydrogen-bond acceptors (Lipinski definition) is 6. The molecular formula is C26H21N5O4. The highest BCUT2D eigenvalue weighted by Crippen LogP contribution is 2.36. The Hall–Kier alpha value is -4.66. The van der Waals surface area contributed by atoms with Crippen LogP contribution in [0.3, 0.4) is 0 Å². The summed E-state index contributed by atoms with van der Waals surface area (Å²) < 4.78 is 14.0. The van der Waals surface area contributed by atoms with Crippen LogP contribution in [-0.2, 0) is 11.3 Å². The number of benzene rings is 3. The van der Waals surface area contributed by atoms with Crippen molar-refractivity contribution in [3.05, 3.63) is 82.1 Å². The van der Waals surface area contributed by atoms with E-state index in [1.165, 1.54) is 4.57 Å². The number of amides is 1. The molecule has 1 aliphatic heterocycles. The van der Waals surface area contributed by atoms with Crippen LogP contribution in [0.15, 0.2) is 65.5 Å². The summed E-state index contributed by atoms with van der Waals surface area (Å²) in [7, 11) is 0. The van der Waals surface area contributed by atoms with E-state index in [1.54, 1.807) is 16.6 Å². The molecule has 1 aliphatic rings. The van der Waals surface area contributed by atoms with Crippen molar-refractivity contribution in [3.8, 4) is 22.8 Å². The first-order chi connectivity index (χ1) is 17.0. The molecule has 9 nitrogen and oxygen atoms in total. The Balaban J connectivity index is 1.53. The zero-order valence-corrected chi connectivity index (χ0v) is 19.1. The van der Waals surface area contributed by atoms with Gasteiger partial charge in [0.1, 0.15) is 12.2 Å². The zero-order valence-electron chi connectivity index (χ0n) is 19.1. The van der Waals surface area contributed by atoms with Crippen LogP contribution in [-0.4, -0.2) is 32.1 Å². The van der Waals surface area contributed by atoms with Gasteiger partial charge < -0.3 is 14.8 Å². The summed E-state index contributed by atoms with van der Waals surface area (Å²) in [5, 5.41) is 12.0. The standard InChI is InChI=1S/C26H21N5O4/c1-15-8-9-18(10-16(15)2)27-23(32)13-30-25-24(17-6-4-3-5-7-17)28-29-31(25)20-12-22-21(34-14-35-22)11-19(20)26(30)33/h3-12H,13-14H2,1-2H3,(H,27,32). The third-order valence-corrected chi connectivity index (χ3v) is 6.24. The number of aromatic nitrogens is 4. The van der Waals surface area contributed by atoms with Crippen molar-refractivity contribution in [1.29, 1.82) is 0 Å². The fourth-order valence-electron chi connectivity index (χ4n) is 4.29. The highest BCUT2D eigenvalue weighted by Gasteiger charge is 2.23. The van der Waals surface area contributed by atoms with Crippen LogP contribution in [0.1, 0.15) is 11.1 Å². The molecule has 0 radical (unpaired) electrons. The summed E-state index contributed by atoms with van der Waals surface area (Å²) in [6, 6.07) is 18.5. The lowest BCUT2D eigenvalue weighted by atomic mass is 10.1. The van der Waals surface area contributed by atoms with Crippen molar-refractivity contribution < 1.29 is 14.3 Å². The molecule has 174 valence electrons. The molecule has 0 bridgehead atoms. The van der Waals surface area contributed by atoms with E-state index in [0.717, 1.165) is 16.7 Å². The van der Waals surface area contributed by atoms with Crippen LogP contribution in [0.4, 0.5) is 5.69 Å². The van der Waals surface area contributed by atoms with Crippen molar-refractivity contribution >= 4 is 28.1 Å². The highest BCUT2D eigenvalue weighted by molar-refractivity contribution is 5.93. The predicted molar refractivity (Wildman–Crippen MR) is 131 cm³/mol. The Morgan fingerprint density at radius 1 is 1.00 bits per heavy atom. The molecule has 3 aromatic carbocycles. The summed E-state index contributed by atoms with van der Waals surface area (Å²) in [6.07, 6.45) is 0. The van der Waals surface area contributed by atoms with Gasteiger partial charge in [0.25, 0.3) is 5.56 Å². The van der Waals surface area contributed by atoms with Crippen molar-refractivity contribution in [2.75, 3.05) is 12.1 Å². The van der Waals surface area contributed by atoms with Crippen molar-refractivity contribution in [1.82, 2.24) is 19.4 Å². The van der Waals surface area contributed by atoms with Gasteiger partial charge >= 0.3 is 0 Å². The van der Waals surface area contributed by atoms with Crippen LogP contribution in [0, 0.1) is 13.8 Å². The maximum absolute atomic E-state index is 13.7. The van der Waals surface area contributed by atoms with E-state index in [-0.39, 0.29) is 24.8 Å². The van der Waals surface area contributed by atoms with Gasteiger partial charge in [-0.25, -0.2) is 0 Å². The van der Waals surface area contributed by atoms with E-state index < -0.39 is 0 Å². The summed E-state index contributed by atoms with van der Waals surface area (Å²) in [6.45, 7) is 3.85. The Morgan fingerprint density at radius 2 is 1.77 bits per heavy atom. The van der Waals surface area contributed by atoms with E-state index in [9.17, 15) is 9.59 Å². The van der Waals surface area contributed by atoms with Crippen molar-refractivity contribution in [2.45, 2.75) is 20.4 Å². The average molecular weight is 467 g/mol. The minimum absolute atomic E-state index is 0.0774. The van der Waals surface area contributed by atoms with Crippen LogP contribution in [0.25, 0.3) is 27.8 Å². The fraction of sp³-hybridized carbons (Fsp3) is 0.154. The molecule has 0 saturated carbocycles. The number of rotatable bonds is 4. The maximum Gasteiger partial charge on any atom is 0.262 e. The Bertz CT molecular complexity index is 1690. The molecule has 2 aromatic heterocycles. The summed E-state index contributed by atoms with van der Waals surface area (Å²) in [5.41, 5.74) is 4.74. The van der Waals surface area contributed by atoms with E-state index in [0.29, 0.717) is 39.4 Å². The Labute approximate surface area is 199 Å². The van der Waals surface area contributed by atoms with Crippen molar-refractivity contribution in [2.24, 2.45) is 0 Å². The second-order valence-electron chi connectivity index (χ2n) is 8.50. The largest absolute Gasteiger partial charge is 0.454 e. The van der Waals surface area contributed by atoms with Gasteiger partial charge in [-0.2, -0.15) is 4.52 Å². The number of aryl methyl sites for hydroxylation is 2. The topological polar surface area (TPSA) is 99.8 Å². The van der Waals surface area contributed by atoms with Crippen LogP contribution in [0.5, 0.6) is 11.5 Å². The third kappa shape index (κ3) is 3.48. The number of carbonyl (C=O) groups is 1. The number of ether oxygens (including phenoxy) is 2. The first-order valence-electron chi connectivity index (χ1n) is 11.1. The molecule has 0 aliphatic carbocycles. The number of fused-ring (bicyclic) bond motifs is 4. The van der Waals surface area contributed by atoms with E-state index >= 15 is 0 Å². The van der Waals surface area contributed by atoms with E-state index in [4.69, 9.17) is 9.47 Å². The minimum Gasteiger partial charge on any atom is -0.454 e. The predicted octanol–water partition coefficient (Wildman–Crippen LogP) is 3.70. The SMILES string of the molecule is Cc1ccc(NC(=O)Cn2c(=O)c3cc4c(cc3n3nnc(-c5ccccc5)c23)OCO4)cc1C. The molecule has 0 saturated heterocycles. The summed E-state index contributed by atoms with van der Waals surface area (Å²) in [4.78, 5) is 26.8. The van der Waals surface area contributed by atoms with E-state index in [1.807, 2.05) is 62.4 Å². The molecule has 0 spiro atoms. The van der Waals surface area contributed by atoms with Crippen LogP contribution >= 0.6 is 0 Å². The molecule has 0 fully saturated rings. The molecule has 3 heterocycles. The number of nitrogens with one attached hydrogen (secondary N) is 1. The van der Waals surface area contributed by atoms with Gasteiger partial charge in [-0.3, -0.25) is 14.2 Å². The molecule has 1 N–H and O–H groups in total. The average Bonchev–Trinajstić information content (AvgIpc) is 3.50. The Kier molecular flexibility index (Phi) is 4.77. The van der Waals surface area contributed by atoms with Gasteiger partial charge in [-0.15, -0.1) is 5.10 Å². The van der Waals surface area contributed by atoms with Gasteiger partial charge in [0.05, 0.1) is 10.9 Å². The third-order valence-electron chi connectivity index (χ3n) is 6.24. The molecule has 0 atom stereocenters. The van der Waals surface area contributed by atoms with Crippen LogP contribution < -0.4 is 20.3 Å². The number of hydrogen-bond donors (Lipinski definition) is 1. The normalized spacial score (nSPS) is 12.4. The molecular weight excluding hydrogens is 446 g/mol. The van der Waals surface area contributed by atoms with Gasteiger partial charge in [-0.05, 0) is 43.2 Å². The molecule has 9 heteroatoms. The first-order valence-corrected chi connectivity index (χ1v) is 11.1. The molecule has 6 rings (SSSR count). The second-order valence-corrected chi connectivity index (χ2v) is 8.50. The fourth-order valence-corrected chi connectivity index (χ4v) is 4.29. The zero-order chi connectivity index (χ0) is 24.1. The van der Waals surface area contributed by atoms with Gasteiger partial charge in [-0.1, -0.05) is 41.6 Å². The second kappa shape index (κ2) is 7.98. The summed E-state index contributed by atoms with van der Waals surface area (Å²) >= 11 is 0. The van der Waals surface area contributed by atoms with E-state index in [2.05, 4.69) is 15.6 Å². The lowest BCUT2D eigenvalue weighted by molar-refractivity contribution is -0.116. The smallest absolute Gasteiger partial charge is 0.262 e. The number of anilines is 1. The highest BCUT2D eigenvalue weighted by atomic mass is 16.7. The molecule has 5 aromatic rings. The van der Waals surface area contributed by atoms with Crippen LogP contribution in [0.2, 0.25) is 0 Å². The van der Waals surface area contributed by atoms with Gasteiger partial charge in [0.2, 0.25) is 12.7 Å². The Morgan fingerprint density at radius 3 is 2.54 bits per heavy atom. The lowest BCUT2D eigenvalue weighted by Crippen LogP contribution is -2.29. The molecule has 1 amide bonds. The number of nitrogens with zero attached hydrogens (tertiary/aromatic N) is 4. The van der Waals surface area contributed by atoms with Crippen molar-refractivity contribution in [3.63, 3.8) is 0 Å². The summed E-state index contributed by atoms with van der Waals surface area (Å²) in [5.74, 6) is 0.668. The number of carbonyl (C=O) groups excluding carboxylic acids is 1. The first kappa shape index (κ1) is 20.9. The van der Waals surface area contributed by atoms with Gasteiger partial charge in [0.15, 0.2) is 17.1 Å². The lowest BCUT2D eigenvalue weighted by Gasteiger charge is -2.13. The monoisotopic (exact) mass is 467 g/mol. The molecule has 35 heavy (non-hydrogen) atoms. The molecule has 0 unspecified atom stereocenters. The quantitative estimate of drug-likeness (QED) is 0.433. The van der Waals surface area contributed by atoms with Gasteiger partial charge in [0, 0.05) is 17.3 Å². The minimum atomic E-state index is -0.347.